The van der Waals surface area contributed by atoms with Crippen LogP contribution in [0, 0.1) is 12.8 Å². The number of rotatable bonds is 34. The molecule has 3 heterocycles. The Kier molecular flexibility index (Phi) is 23.9. The number of anilines is 5. The number of nitrogens with one attached hydrogen (secondary N) is 7. The summed E-state index contributed by atoms with van der Waals surface area (Å²) in [4.78, 5) is 69.0. The van der Waals surface area contributed by atoms with Gasteiger partial charge in [-0.3, -0.25) is 24.0 Å². The first-order valence-corrected chi connectivity index (χ1v) is 24.8. The van der Waals surface area contributed by atoms with Crippen LogP contribution in [-0.2, 0) is 38.2 Å². The number of aromatic nitrogens is 2. The second-order valence-electron chi connectivity index (χ2n) is 16.6. The molecular formula is C49H69N9O9S. The second kappa shape index (κ2) is 30.6. The Morgan fingerprint density at radius 2 is 1.35 bits per heavy atom. The number of carbonyl (C=O) groups excluding carboxylic acids is 5. The molecular weight excluding hydrogens is 891 g/mol. The van der Waals surface area contributed by atoms with Crippen molar-refractivity contribution >= 4 is 70.1 Å². The quantitative estimate of drug-likeness (QED) is 0.0282. The molecule has 3 aromatic rings. The monoisotopic (exact) mass is 959 g/mol. The minimum absolute atomic E-state index is 0.0741. The van der Waals surface area contributed by atoms with Crippen molar-refractivity contribution in [3.63, 3.8) is 0 Å². The molecule has 0 radical (unpaired) electrons. The Balaban J connectivity index is 0.775. The molecule has 5 rings (SSSR count). The van der Waals surface area contributed by atoms with Gasteiger partial charge in [0.05, 0.1) is 33.0 Å². The van der Waals surface area contributed by atoms with Gasteiger partial charge in [-0.1, -0.05) is 25.1 Å². The van der Waals surface area contributed by atoms with Gasteiger partial charge in [0.1, 0.15) is 11.6 Å². The van der Waals surface area contributed by atoms with Gasteiger partial charge in [0.2, 0.25) is 35.5 Å². The number of unbranched alkanes of at least 4 members (excludes halogenated alkanes) is 1. The molecule has 18 nitrogen and oxygen atoms in total. The Labute approximate surface area is 404 Å². The maximum atomic E-state index is 12.3. The summed E-state index contributed by atoms with van der Waals surface area (Å²) in [5.74, 6) is 2.95. The summed E-state index contributed by atoms with van der Waals surface area (Å²) < 4.78 is 22.6. The maximum absolute atomic E-state index is 12.3. The number of amides is 5. The SMILES string of the molecule is C=CC(=O)Nc1cccc(Nc2nc(Nc3cccc(OCCCNC(=O)CCCC(=O)NCCCOCCOCCOCCCNC(=O)CCCC[C@@H]4SC[C@@H]5CC(=O)N[C@@H]54)c3)ncc2C)c1. The summed E-state index contributed by atoms with van der Waals surface area (Å²) >= 11 is 1.96. The largest absolute Gasteiger partial charge is 0.493 e. The van der Waals surface area contributed by atoms with E-state index in [-0.39, 0.29) is 42.4 Å². The van der Waals surface area contributed by atoms with Gasteiger partial charge in [-0.2, -0.15) is 16.7 Å². The van der Waals surface area contributed by atoms with E-state index in [9.17, 15) is 24.0 Å². The van der Waals surface area contributed by atoms with Gasteiger partial charge in [-0.05, 0) is 93.5 Å². The highest BCUT2D eigenvalue weighted by atomic mass is 32.2. The van der Waals surface area contributed by atoms with Gasteiger partial charge in [0.25, 0.3) is 0 Å². The van der Waals surface area contributed by atoms with E-state index in [1.54, 1.807) is 18.3 Å². The van der Waals surface area contributed by atoms with E-state index in [1.165, 1.54) is 6.08 Å². The van der Waals surface area contributed by atoms with E-state index >= 15 is 0 Å². The summed E-state index contributed by atoms with van der Waals surface area (Å²) in [6.07, 6.45) is 10.0. The Morgan fingerprint density at radius 3 is 2.03 bits per heavy atom. The fraction of sp³-hybridized carbons (Fsp3) is 0.531. The molecule has 2 fully saturated rings. The molecule has 0 bridgehead atoms. The highest BCUT2D eigenvalue weighted by Crippen LogP contribution is 2.39. The normalized spacial score (nSPS) is 16.0. The first kappa shape index (κ1) is 53.2. The van der Waals surface area contributed by atoms with Crippen LogP contribution in [0.2, 0.25) is 0 Å². The van der Waals surface area contributed by atoms with E-state index in [0.717, 1.165) is 48.4 Å². The molecule has 370 valence electrons. The first-order valence-electron chi connectivity index (χ1n) is 23.7. The van der Waals surface area contributed by atoms with Gasteiger partial charge < -0.3 is 56.2 Å². The van der Waals surface area contributed by atoms with Gasteiger partial charge >= 0.3 is 0 Å². The average Bonchev–Trinajstić information content (AvgIpc) is 3.89. The molecule has 68 heavy (non-hydrogen) atoms. The van der Waals surface area contributed by atoms with Crippen molar-refractivity contribution in [2.75, 3.05) is 87.6 Å². The number of fused-ring (bicyclic) bond motifs is 1. The molecule has 3 atom stereocenters. The van der Waals surface area contributed by atoms with Crippen molar-refractivity contribution in [3.8, 4) is 5.75 Å². The first-order chi connectivity index (χ1) is 33.1. The lowest BCUT2D eigenvalue weighted by molar-refractivity contribution is -0.123. The molecule has 7 N–H and O–H groups in total. The van der Waals surface area contributed by atoms with Crippen LogP contribution in [0.15, 0.2) is 67.4 Å². The number of hydrogen-bond acceptors (Lipinski definition) is 14. The lowest BCUT2D eigenvalue weighted by Gasteiger charge is -2.17. The molecule has 0 saturated carbocycles. The third kappa shape index (κ3) is 20.6. The zero-order chi connectivity index (χ0) is 48.2. The number of thioether (sulfide) groups is 1. The van der Waals surface area contributed by atoms with Crippen LogP contribution in [-0.4, -0.2) is 122 Å². The van der Waals surface area contributed by atoms with Crippen molar-refractivity contribution < 1.29 is 42.9 Å². The van der Waals surface area contributed by atoms with E-state index in [1.807, 2.05) is 55.1 Å². The number of nitrogens with zero attached hydrogens (tertiary/aromatic N) is 2. The molecule has 2 saturated heterocycles. The smallest absolute Gasteiger partial charge is 0.247 e. The molecule has 0 unspecified atom stereocenters. The fourth-order valence-corrected chi connectivity index (χ4v) is 9.12. The lowest BCUT2D eigenvalue weighted by Crippen LogP contribution is -2.34. The predicted octanol–water partition coefficient (Wildman–Crippen LogP) is 5.70. The fourth-order valence-electron chi connectivity index (χ4n) is 7.47. The summed E-state index contributed by atoms with van der Waals surface area (Å²) in [7, 11) is 0. The summed E-state index contributed by atoms with van der Waals surface area (Å²) in [5, 5.41) is 21.6. The highest BCUT2D eigenvalue weighted by Gasteiger charge is 2.42. The van der Waals surface area contributed by atoms with Crippen molar-refractivity contribution in [1.29, 1.82) is 0 Å². The second-order valence-corrected chi connectivity index (χ2v) is 17.9. The highest BCUT2D eigenvalue weighted by molar-refractivity contribution is 8.00. The standard InChI is InChI=1S/C49H69N9O9S/c1-3-42(59)54-37-12-6-13-38(31-37)55-48-35(2)33-53-49(58-48)56-39-14-7-15-40(32-39)67-25-11-22-52-45(62)19-8-18-44(61)51-21-10-24-65-27-29-66-28-26-64-23-9-20-50-43(60)17-5-4-16-41-47-36(34-68-41)30-46(63)57-47/h3,6-7,12-15,31-33,36,41,47H,1,4-5,8-11,16-30,34H2,2H3,(H,50,60)(H,51,61)(H,52,62)(H,54,59)(H,57,63)(H2,53,55,56,58)/t36-,41-,47-/m0/s1. The minimum atomic E-state index is -0.295. The van der Waals surface area contributed by atoms with Crippen molar-refractivity contribution in [1.82, 2.24) is 31.2 Å². The van der Waals surface area contributed by atoms with Gasteiger partial charge in [0.15, 0.2) is 0 Å². The van der Waals surface area contributed by atoms with Crippen molar-refractivity contribution in [3.05, 3.63) is 72.9 Å². The molecule has 5 amide bonds. The summed E-state index contributed by atoms with van der Waals surface area (Å²) in [5.41, 5.74) is 2.94. The lowest BCUT2D eigenvalue weighted by atomic mass is 9.97. The molecule has 2 aliphatic heterocycles. The van der Waals surface area contributed by atoms with Crippen molar-refractivity contribution in [2.45, 2.75) is 88.8 Å². The summed E-state index contributed by atoms with van der Waals surface area (Å²) in [6.45, 7) is 10.2. The Bertz CT molecular complexity index is 2080. The topological polar surface area (TPSA) is 232 Å². The van der Waals surface area contributed by atoms with Gasteiger partial charge in [-0.15, -0.1) is 0 Å². The molecule has 0 aliphatic carbocycles. The van der Waals surface area contributed by atoms with Crippen LogP contribution in [0.5, 0.6) is 5.75 Å². The third-order valence-electron chi connectivity index (χ3n) is 11.0. The van der Waals surface area contributed by atoms with Gasteiger partial charge in [-0.25, -0.2) is 4.98 Å². The van der Waals surface area contributed by atoms with Crippen molar-refractivity contribution in [2.24, 2.45) is 5.92 Å². The molecule has 19 heteroatoms. The molecule has 2 aromatic carbocycles. The molecule has 1 aromatic heterocycles. The van der Waals surface area contributed by atoms with Crippen LogP contribution < -0.4 is 42.0 Å². The number of aryl methyl sites for hydroxylation is 1. The zero-order valence-corrected chi connectivity index (χ0v) is 40.1. The number of hydrogen-bond donors (Lipinski definition) is 7. The molecule has 2 aliphatic rings. The summed E-state index contributed by atoms with van der Waals surface area (Å²) in [6, 6.07) is 15.0. The van der Waals surface area contributed by atoms with E-state index in [2.05, 4.69) is 53.8 Å². The predicted molar refractivity (Wildman–Crippen MR) is 264 cm³/mol. The van der Waals surface area contributed by atoms with E-state index < -0.39 is 0 Å². The van der Waals surface area contributed by atoms with Crippen LogP contribution in [0.4, 0.5) is 28.8 Å². The zero-order valence-electron chi connectivity index (χ0n) is 39.2. The van der Waals surface area contributed by atoms with Gasteiger partial charge in [0, 0.05) is 105 Å². The number of ether oxygens (including phenoxy) is 4. The minimum Gasteiger partial charge on any atom is -0.493 e. The van der Waals surface area contributed by atoms with Crippen LogP contribution in [0.1, 0.15) is 76.2 Å². The maximum Gasteiger partial charge on any atom is 0.247 e. The van der Waals surface area contributed by atoms with Crippen LogP contribution in [0.3, 0.4) is 0 Å². The Morgan fingerprint density at radius 1 is 0.750 bits per heavy atom. The Hall–Kier alpha value is -5.76. The number of carbonyl (C=O) groups is 5. The third-order valence-corrected chi connectivity index (χ3v) is 12.6. The van der Waals surface area contributed by atoms with Crippen LogP contribution >= 0.6 is 11.8 Å². The molecule has 0 spiro atoms. The number of benzene rings is 2. The average molecular weight is 960 g/mol. The van der Waals surface area contributed by atoms with Crippen LogP contribution in [0.25, 0.3) is 0 Å². The van der Waals surface area contributed by atoms with E-state index in [4.69, 9.17) is 18.9 Å². The van der Waals surface area contributed by atoms with E-state index in [0.29, 0.717) is 138 Å².